The molecule has 5 heteroatoms. The fourth-order valence-corrected chi connectivity index (χ4v) is 2.33. The second-order valence-electron chi connectivity index (χ2n) is 5.15. The molecule has 2 aromatic carbocycles. The topological polar surface area (TPSA) is 79.1 Å². The van der Waals surface area contributed by atoms with Gasteiger partial charge in [-0.25, -0.2) is 15.0 Å². The van der Waals surface area contributed by atoms with Crippen LogP contribution in [-0.4, -0.2) is 25.2 Å². The Labute approximate surface area is 128 Å². The number of hydrogen-bond acceptors (Lipinski definition) is 5. The third-order valence-corrected chi connectivity index (χ3v) is 3.42. The van der Waals surface area contributed by atoms with Gasteiger partial charge < -0.3 is 10.2 Å². The summed E-state index contributed by atoms with van der Waals surface area (Å²) in [6, 6.07) is 10.4. The van der Waals surface area contributed by atoms with Crippen LogP contribution < -0.4 is 0 Å². The largest absolute Gasteiger partial charge is 0.508 e. The summed E-state index contributed by atoms with van der Waals surface area (Å²) in [5, 5.41) is 19.3. The molecule has 110 valence electrons. The van der Waals surface area contributed by atoms with E-state index in [0.717, 1.165) is 11.1 Å². The van der Waals surface area contributed by atoms with Gasteiger partial charge in [0.05, 0.1) is 5.56 Å². The van der Waals surface area contributed by atoms with Crippen molar-refractivity contribution in [3.8, 4) is 34.3 Å². The zero-order chi connectivity index (χ0) is 15.7. The highest BCUT2D eigenvalue weighted by Crippen LogP contribution is 2.30. The Hall–Kier alpha value is -2.95. The Morgan fingerprint density at radius 1 is 0.818 bits per heavy atom. The molecular weight excluding hydrogens is 278 g/mol. The van der Waals surface area contributed by atoms with Crippen LogP contribution in [0.3, 0.4) is 0 Å². The average Bonchev–Trinajstić information content (AvgIpc) is 2.47. The predicted octanol–water partition coefficient (Wildman–Crippen LogP) is 3.23. The molecule has 3 rings (SSSR count). The zero-order valence-electron chi connectivity index (χ0n) is 12.3. The lowest BCUT2D eigenvalue weighted by Gasteiger charge is -2.08. The Morgan fingerprint density at radius 3 is 2.18 bits per heavy atom. The molecule has 0 saturated carbocycles. The van der Waals surface area contributed by atoms with Crippen molar-refractivity contribution in [2.24, 2.45) is 0 Å². The van der Waals surface area contributed by atoms with Crippen LogP contribution in [0.2, 0.25) is 0 Å². The van der Waals surface area contributed by atoms with E-state index in [2.05, 4.69) is 21.0 Å². The average molecular weight is 293 g/mol. The number of aromatic hydroxyl groups is 2. The number of phenolic OH excluding ortho intramolecular Hbond substituents is 2. The standard InChI is InChI=1S/C17H15N3O2/c1-10-3-5-13(11(2)7-10)16-18-9-19-17(20-16)14-6-4-12(21)8-15(14)22/h3-9,21-22H,1-2H3. The van der Waals surface area contributed by atoms with Gasteiger partial charge in [-0.1, -0.05) is 23.8 Å². The fourth-order valence-electron chi connectivity index (χ4n) is 2.33. The third kappa shape index (κ3) is 2.61. The number of hydrogen-bond donors (Lipinski definition) is 2. The van der Waals surface area contributed by atoms with Crippen LogP contribution in [0.4, 0.5) is 0 Å². The molecule has 0 aliphatic rings. The summed E-state index contributed by atoms with van der Waals surface area (Å²) in [5.74, 6) is 0.833. The van der Waals surface area contributed by atoms with Crippen molar-refractivity contribution >= 4 is 0 Å². The first kappa shape index (κ1) is 14.0. The maximum absolute atomic E-state index is 9.94. The maximum atomic E-state index is 9.94. The van der Waals surface area contributed by atoms with E-state index in [1.54, 1.807) is 6.07 Å². The first-order valence-electron chi connectivity index (χ1n) is 6.83. The quantitative estimate of drug-likeness (QED) is 0.758. The smallest absolute Gasteiger partial charge is 0.167 e. The van der Waals surface area contributed by atoms with Gasteiger partial charge in [0.2, 0.25) is 0 Å². The van der Waals surface area contributed by atoms with Crippen LogP contribution in [0.25, 0.3) is 22.8 Å². The van der Waals surface area contributed by atoms with Crippen LogP contribution in [0.1, 0.15) is 11.1 Å². The lowest BCUT2D eigenvalue weighted by atomic mass is 10.1. The van der Waals surface area contributed by atoms with Crippen molar-refractivity contribution in [1.82, 2.24) is 15.0 Å². The van der Waals surface area contributed by atoms with E-state index in [-0.39, 0.29) is 11.5 Å². The summed E-state index contributed by atoms with van der Waals surface area (Å²) in [5.41, 5.74) is 3.62. The predicted molar refractivity (Wildman–Crippen MR) is 83.5 cm³/mol. The molecule has 0 aliphatic carbocycles. The van der Waals surface area contributed by atoms with Crippen molar-refractivity contribution in [3.05, 3.63) is 53.9 Å². The van der Waals surface area contributed by atoms with Gasteiger partial charge in [0.25, 0.3) is 0 Å². The van der Waals surface area contributed by atoms with E-state index in [1.165, 1.54) is 24.0 Å². The number of aromatic nitrogens is 3. The van der Waals surface area contributed by atoms with Gasteiger partial charge in [-0.3, -0.25) is 0 Å². The highest BCUT2D eigenvalue weighted by atomic mass is 16.3. The molecule has 0 spiro atoms. The Kier molecular flexibility index (Phi) is 3.47. The first-order valence-corrected chi connectivity index (χ1v) is 6.83. The number of benzene rings is 2. The first-order chi connectivity index (χ1) is 10.5. The molecule has 0 unspecified atom stereocenters. The fraction of sp³-hybridized carbons (Fsp3) is 0.118. The molecular formula is C17H15N3O2. The molecule has 0 fully saturated rings. The summed E-state index contributed by atoms with van der Waals surface area (Å²) in [6.07, 6.45) is 1.42. The monoisotopic (exact) mass is 293 g/mol. The van der Waals surface area contributed by atoms with E-state index in [0.29, 0.717) is 17.2 Å². The Bertz CT molecular complexity index is 780. The lowest BCUT2D eigenvalue weighted by molar-refractivity contribution is 0.451. The normalized spacial score (nSPS) is 10.6. The molecule has 1 aromatic heterocycles. The van der Waals surface area contributed by atoms with Gasteiger partial charge >= 0.3 is 0 Å². The highest BCUT2D eigenvalue weighted by Gasteiger charge is 2.11. The summed E-state index contributed by atoms with van der Waals surface area (Å²) in [7, 11) is 0. The van der Waals surface area contributed by atoms with Crippen molar-refractivity contribution in [1.29, 1.82) is 0 Å². The van der Waals surface area contributed by atoms with Gasteiger partial charge in [-0.05, 0) is 31.5 Å². The molecule has 2 N–H and O–H groups in total. The summed E-state index contributed by atoms with van der Waals surface area (Å²) in [6.45, 7) is 4.04. The molecule has 5 nitrogen and oxygen atoms in total. The second kappa shape index (κ2) is 5.44. The van der Waals surface area contributed by atoms with Crippen molar-refractivity contribution < 1.29 is 10.2 Å². The number of phenols is 2. The van der Waals surface area contributed by atoms with E-state index >= 15 is 0 Å². The minimum atomic E-state index is -0.0715. The summed E-state index contributed by atoms with van der Waals surface area (Å²) in [4.78, 5) is 12.8. The minimum absolute atomic E-state index is 0.00934. The van der Waals surface area contributed by atoms with Crippen molar-refractivity contribution in [3.63, 3.8) is 0 Å². The molecule has 0 saturated heterocycles. The van der Waals surface area contributed by atoms with Gasteiger partial charge in [0.1, 0.15) is 17.8 Å². The Balaban J connectivity index is 2.10. The van der Waals surface area contributed by atoms with Gasteiger partial charge in [-0.2, -0.15) is 0 Å². The molecule has 0 amide bonds. The van der Waals surface area contributed by atoms with E-state index < -0.39 is 0 Å². The second-order valence-corrected chi connectivity index (χ2v) is 5.15. The molecule has 3 aromatic rings. The van der Waals surface area contributed by atoms with Crippen LogP contribution in [0.15, 0.2) is 42.7 Å². The van der Waals surface area contributed by atoms with Crippen LogP contribution in [0, 0.1) is 13.8 Å². The van der Waals surface area contributed by atoms with Crippen molar-refractivity contribution in [2.75, 3.05) is 0 Å². The number of nitrogens with zero attached hydrogens (tertiary/aromatic N) is 3. The molecule has 0 aliphatic heterocycles. The van der Waals surface area contributed by atoms with E-state index in [9.17, 15) is 10.2 Å². The zero-order valence-corrected chi connectivity index (χ0v) is 12.3. The molecule has 0 radical (unpaired) electrons. The van der Waals surface area contributed by atoms with E-state index in [4.69, 9.17) is 0 Å². The van der Waals surface area contributed by atoms with Gasteiger partial charge in [0, 0.05) is 11.6 Å². The van der Waals surface area contributed by atoms with Gasteiger partial charge in [-0.15, -0.1) is 0 Å². The highest BCUT2D eigenvalue weighted by molar-refractivity contribution is 5.68. The SMILES string of the molecule is Cc1ccc(-c2ncnc(-c3ccc(O)cc3O)n2)c(C)c1. The van der Waals surface area contributed by atoms with Crippen LogP contribution >= 0.6 is 0 Å². The Morgan fingerprint density at radius 2 is 1.50 bits per heavy atom. The number of aryl methyl sites for hydroxylation is 2. The van der Waals surface area contributed by atoms with E-state index in [1.807, 2.05) is 26.0 Å². The number of rotatable bonds is 2. The summed E-state index contributed by atoms with van der Waals surface area (Å²) >= 11 is 0. The lowest BCUT2D eigenvalue weighted by Crippen LogP contribution is -1.97. The van der Waals surface area contributed by atoms with Crippen LogP contribution in [-0.2, 0) is 0 Å². The molecule has 1 heterocycles. The molecule has 0 bridgehead atoms. The summed E-state index contributed by atoms with van der Waals surface area (Å²) < 4.78 is 0. The van der Waals surface area contributed by atoms with Gasteiger partial charge in [0.15, 0.2) is 11.6 Å². The molecule has 0 atom stereocenters. The van der Waals surface area contributed by atoms with Crippen molar-refractivity contribution in [2.45, 2.75) is 13.8 Å². The third-order valence-electron chi connectivity index (χ3n) is 3.42. The van der Waals surface area contributed by atoms with Crippen LogP contribution in [0.5, 0.6) is 11.5 Å². The maximum Gasteiger partial charge on any atom is 0.167 e. The minimum Gasteiger partial charge on any atom is -0.508 e. The molecule has 22 heavy (non-hydrogen) atoms.